The lowest BCUT2D eigenvalue weighted by atomic mass is 10.2. The molecule has 0 bridgehead atoms. The Kier molecular flexibility index (Phi) is 6.25. The monoisotopic (exact) mass is 409 g/mol. The van der Waals surface area contributed by atoms with E-state index < -0.39 is 10.0 Å². The van der Waals surface area contributed by atoms with Gasteiger partial charge in [0.2, 0.25) is 5.91 Å². The highest BCUT2D eigenvalue weighted by atomic mass is 32.2. The maximum atomic E-state index is 12.4. The first kappa shape index (κ1) is 20.1. The molecule has 0 saturated carbocycles. The molecule has 8 heteroatoms. The molecule has 29 heavy (non-hydrogen) atoms. The van der Waals surface area contributed by atoms with Crippen LogP contribution in [-0.2, 0) is 14.8 Å². The Morgan fingerprint density at radius 3 is 2.41 bits per heavy atom. The number of carbonyl (C=O) groups excluding carboxylic acids is 1. The van der Waals surface area contributed by atoms with Gasteiger partial charge in [-0.05, 0) is 48.5 Å². The van der Waals surface area contributed by atoms with Crippen LogP contribution >= 0.6 is 0 Å². The molecule has 0 aliphatic carbocycles. The Morgan fingerprint density at radius 1 is 1.00 bits per heavy atom. The van der Waals surface area contributed by atoms with Crippen LogP contribution in [0.25, 0.3) is 6.08 Å². The second kappa shape index (κ2) is 9.03. The number of methoxy groups -OCH3 is 1. The number of ether oxygens (including phenoxy) is 1. The van der Waals surface area contributed by atoms with Gasteiger partial charge in [-0.1, -0.05) is 24.3 Å². The summed E-state index contributed by atoms with van der Waals surface area (Å²) < 4.78 is 32.4. The second-order valence-electron chi connectivity index (χ2n) is 5.91. The second-order valence-corrected chi connectivity index (χ2v) is 7.59. The van der Waals surface area contributed by atoms with Crippen LogP contribution in [-0.4, -0.2) is 26.4 Å². The average molecular weight is 409 g/mol. The molecule has 7 nitrogen and oxygen atoms in total. The lowest BCUT2D eigenvalue weighted by Gasteiger charge is -2.08. The number of pyridine rings is 1. The fourth-order valence-electron chi connectivity index (χ4n) is 2.49. The van der Waals surface area contributed by atoms with Crippen LogP contribution < -0.4 is 14.8 Å². The lowest BCUT2D eigenvalue weighted by molar-refractivity contribution is -0.111. The average Bonchev–Trinajstić information content (AvgIpc) is 2.73. The van der Waals surface area contributed by atoms with Gasteiger partial charge in [0.25, 0.3) is 10.0 Å². The molecule has 0 spiro atoms. The number of aromatic nitrogens is 1. The lowest BCUT2D eigenvalue weighted by Crippen LogP contribution is -2.14. The SMILES string of the molecule is COc1ccccc1/C=C/C(=O)Nc1ccc(S(=O)(=O)Nc2ccccn2)cc1. The minimum absolute atomic E-state index is 0.0608. The fraction of sp³-hybridized carbons (Fsp3) is 0.0476. The summed E-state index contributed by atoms with van der Waals surface area (Å²) in [6, 6.07) is 18.1. The van der Waals surface area contributed by atoms with Crippen molar-refractivity contribution in [1.82, 2.24) is 4.98 Å². The van der Waals surface area contributed by atoms with Crippen molar-refractivity contribution in [3.63, 3.8) is 0 Å². The quantitative estimate of drug-likeness (QED) is 0.582. The minimum atomic E-state index is -3.77. The zero-order chi connectivity index (χ0) is 20.7. The largest absolute Gasteiger partial charge is 0.496 e. The number of amides is 1. The Hall–Kier alpha value is -3.65. The van der Waals surface area contributed by atoms with Gasteiger partial charge >= 0.3 is 0 Å². The fourth-order valence-corrected chi connectivity index (χ4v) is 3.50. The van der Waals surface area contributed by atoms with Crippen molar-refractivity contribution < 1.29 is 17.9 Å². The Morgan fingerprint density at radius 2 is 1.72 bits per heavy atom. The number of carbonyl (C=O) groups is 1. The minimum Gasteiger partial charge on any atom is -0.496 e. The van der Waals surface area contributed by atoms with E-state index in [2.05, 4.69) is 15.0 Å². The molecule has 0 atom stereocenters. The molecule has 0 saturated heterocycles. The van der Waals surface area contributed by atoms with E-state index in [0.717, 1.165) is 5.56 Å². The molecule has 3 aromatic rings. The highest BCUT2D eigenvalue weighted by Crippen LogP contribution is 2.19. The van der Waals surface area contributed by atoms with Crippen molar-refractivity contribution in [2.24, 2.45) is 0 Å². The maximum absolute atomic E-state index is 12.4. The van der Waals surface area contributed by atoms with Crippen LogP contribution in [0.3, 0.4) is 0 Å². The number of hydrogen-bond donors (Lipinski definition) is 2. The van der Waals surface area contributed by atoms with Crippen LogP contribution in [0.2, 0.25) is 0 Å². The predicted octanol–water partition coefficient (Wildman–Crippen LogP) is 3.54. The third-order valence-corrected chi connectivity index (χ3v) is 5.26. The van der Waals surface area contributed by atoms with Gasteiger partial charge in [-0.3, -0.25) is 9.52 Å². The summed E-state index contributed by atoms with van der Waals surface area (Å²) in [7, 11) is -2.21. The van der Waals surface area contributed by atoms with Gasteiger partial charge in [-0.15, -0.1) is 0 Å². The molecule has 1 heterocycles. The van der Waals surface area contributed by atoms with E-state index in [1.54, 1.807) is 37.5 Å². The van der Waals surface area contributed by atoms with Crippen molar-refractivity contribution >= 4 is 33.5 Å². The molecule has 0 aliphatic heterocycles. The Bertz CT molecular complexity index is 1110. The third-order valence-electron chi connectivity index (χ3n) is 3.89. The summed E-state index contributed by atoms with van der Waals surface area (Å²) in [6.45, 7) is 0. The molecule has 2 N–H and O–H groups in total. The van der Waals surface area contributed by atoms with Gasteiger partial charge < -0.3 is 10.1 Å². The van der Waals surface area contributed by atoms with E-state index in [4.69, 9.17) is 4.74 Å². The van der Waals surface area contributed by atoms with Crippen LogP contribution in [0.4, 0.5) is 11.5 Å². The van der Waals surface area contributed by atoms with Gasteiger partial charge in [0, 0.05) is 23.5 Å². The van der Waals surface area contributed by atoms with Gasteiger partial charge in [-0.25, -0.2) is 13.4 Å². The van der Waals surface area contributed by atoms with E-state index in [-0.39, 0.29) is 16.6 Å². The molecule has 2 aromatic carbocycles. The smallest absolute Gasteiger partial charge is 0.263 e. The van der Waals surface area contributed by atoms with Crippen LogP contribution in [0, 0.1) is 0 Å². The van der Waals surface area contributed by atoms with E-state index in [1.807, 2.05) is 18.2 Å². The zero-order valence-electron chi connectivity index (χ0n) is 15.6. The number of nitrogens with one attached hydrogen (secondary N) is 2. The van der Waals surface area contributed by atoms with E-state index in [9.17, 15) is 13.2 Å². The molecule has 1 amide bonds. The van der Waals surface area contributed by atoms with Crippen molar-refractivity contribution in [3.8, 4) is 5.75 Å². The summed E-state index contributed by atoms with van der Waals surface area (Å²) in [5.41, 5.74) is 1.24. The molecule has 0 unspecified atom stereocenters. The summed E-state index contributed by atoms with van der Waals surface area (Å²) in [4.78, 5) is 16.1. The number of nitrogens with zero attached hydrogens (tertiary/aromatic N) is 1. The number of hydrogen-bond acceptors (Lipinski definition) is 5. The molecule has 148 valence electrons. The van der Waals surface area contributed by atoms with Crippen LogP contribution in [0.5, 0.6) is 5.75 Å². The molecule has 0 fully saturated rings. The summed E-state index contributed by atoms with van der Waals surface area (Å²) in [5, 5.41) is 2.68. The summed E-state index contributed by atoms with van der Waals surface area (Å²) in [6.07, 6.45) is 4.52. The molecule has 0 aliphatic rings. The highest BCUT2D eigenvalue weighted by molar-refractivity contribution is 7.92. The number of sulfonamides is 1. The summed E-state index contributed by atoms with van der Waals surface area (Å²) in [5.74, 6) is 0.538. The first-order valence-corrected chi connectivity index (χ1v) is 10.1. The summed E-state index contributed by atoms with van der Waals surface area (Å²) >= 11 is 0. The van der Waals surface area contributed by atoms with Crippen LogP contribution in [0.1, 0.15) is 5.56 Å². The van der Waals surface area contributed by atoms with E-state index in [0.29, 0.717) is 11.4 Å². The zero-order valence-corrected chi connectivity index (χ0v) is 16.4. The standard InChI is InChI=1S/C21H19N3O4S/c1-28-19-7-3-2-6-16(19)9-14-21(25)23-17-10-12-18(13-11-17)29(26,27)24-20-8-4-5-15-22-20/h2-15H,1H3,(H,22,24)(H,23,25)/b14-9+. The topological polar surface area (TPSA) is 97.4 Å². The van der Waals surface area contributed by atoms with Crippen molar-refractivity contribution in [1.29, 1.82) is 0 Å². The van der Waals surface area contributed by atoms with Gasteiger partial charge in [0.15, 0.2) is 0 Å². The van der Waals surface area contributed by atoms with Crippen molar-refractivity contribution in [2.45, 2.75) is 4.90 Å². The maximum Gasteiger partial charge on any atom is 0.263 e. The van der Waals surface area contributed by atoms with Gasteiger partial charge in [0.05, 0.1) is 12.0 Å². The van der Waals surface area contributed by atoms with Crippen molar-refractivity contribution in [2.75, 3.05) is 17.1 Å². The van der Waals surface area contributed by atoms with Gasteiger partial charge in [0.1, 0.15) is 11.6 Å². The van der Waals surface area contributed by atoms with Crippen molar-refractivity contribution in [3.05, 3.63) is 84.6 Å². The number of rotatable bonds is 7. The third kappa shape index (κ3) is 5.43. The molecular weight excluding hydrogens is 390 g/mol. The molecule has 0 radical (unpaired) electrons. The molecule has 1 aromatic heterocycles. The Labute approximate surface area is 169 Å². The first-order chi connectivity index (χ1) is 14.0. The van der Waals surface area contributed by atoms with Crippen LogP contribution in [0.15, 0.2) is 83.9 Å². The molecular formula is C21H19N3O4S. The van der Waals surface area contributed by atoms with Gasteiger partial charge in [-0.2, -0.15) is 0 Å². The number of anilines is 2. The van der Waals surface area contributed by atoms with E-state index in [1.165, 1.54) is 36.5 Å². The normalized spacial score (nSPS) is 11.2. The Balaban J connectivity index is 1.65. The number of para-hydroxylation sites is 1. The molecule has 3 rings (SSSR count). The predicted molar refractivity (Wildman–Crippen MR) is 112 cm³/mol. The number of benzene rings is 2. The first-order valence-electron chi connectivity index (χ1n) is 8.64. The highest BCUT2D eigenvalue weighted by Gasteiger charge is 2.14. The van der Waals surface area contributed by atoms with E-state index >= 15 is 0 Å².